The highest BCUT2D eigenvalue weighted by Crippen LogP contribution is 2.24. The number of fused-ring (bicyclic) bond motifs is 2. The minimum absolute atomic E-state index is 0.369. The molecular formula is C14H16N6O2S2. The predicted octanol–water partition coefficient (Wildman–Crippen LogP) is 1.28. The molecule has 3 aromatic heterocycles. The number of rotatable bonds is 4. The molecule has 0 aliphatic carbocycles. The van der Waals surface area contributed by atoms with E-state index in [1.54, 1.807) is 17.7 Å². The lowest BCUT2D eigenvalue weighted by Crippen LogP contribution is -2.37. The number of aromatic nitrogens is 4. The smallest absolute Gasteiger partial charge is 0.211 e. The third-order valence-electron chi connectivity index (χ3n) is 3.98. The molecule has 0 saturated heterocycles. The van der Waals surface area contributed by atoms with Crippen LogP contribution in [0.15, 0.2) is 23.8 Å². The fourth-order valence-electron chi connectivity index (χ4n) is 2.78. The van der Waals surface area contributed by atoms with Crippen molar-refractivity contribution in [3.05, 3.63) is 35.2 Å². The molecule has 0 fully saturated rings. The first-order valence-corrected chi connectivity index (χ1v) is 10.2. The first-order chi connectivity index (χ1) is 11.5. The molecule has 0 spiro atoms. The van der Waals surface area contributed by atoms with Crippen LogP contribution in [0.1, 0.15) is 11.4 Å². The highest BCUT2D eigenvalue weighted by Gasteiger charge is 2.24. The maximum atomic E-state index is 11.7. The van der Waals surface area contributed by atoms with Crippen molar-refractivity contribution in [3.8, 4) is 0 Å². The Morgan fingerprint density at radius 3 is 3.04 bits per heavy atom. The molecule has 3 aromatic rings. The van der Waals surface area contributed by atoms with Gasteiger partial charge in [-0.25, -0.2) is 18.4 Å². The lowest BCUT2D eigenvalue weighted by atomic mass is 10.3. The summed E-state index contributed by atoms with van der Waals surface area (Å²) in [6.45, 7) is 1.93. The molecule has 0 aromatic carbocycles. The van der Waals surface area contributed by atoms with Gasteiger partial charge in [0.25, 0.3) is 0 Å². The maximum Gasteiger partial charge on any atom is 0.211 e. The molecular weight excluding hydrogens is 348 g/mol. The number of anilines is 1. The summed E-state index contributed by atoms with van der Waals surface area (Å²) >= 11 is 1.57. The van der Waals surface area contributed by atoms with E-state index in [0.717, 1.165) is 27.4 Å². The van der Waals surface area contributed by atoms with Gasteiger partial charge in [0, 0.05) is 6.54 Å². The Morgan fingerprint density at radius 1 is 1.33 bits per heavy atom. The Bertz CT molecular complexity index is 994. The van der Waals surface area contributed by atoms with E-state index in [9.17, 15) is 8.42 Å². The van der Waals surface area contributed by atoms with Crippen molar-refractivity contribution in [2.75, 3.05) is 18.1 Å². The van der Waals surface area contributed by atoms with Gasteiger partial charge in [0.2, 0.25) is 10.0 Å². The van der Waals surface area contributed by atoms with Gasteiger partial charge in [0.15, 0.2) is 0 Å². The van der Waals surface area contributed by atoms with Crippen LogP contribution in [0.25, 0.3) is 10.2 Å². The predicted molar refractivity (Wildman–Crippen MR) is 92.2 cm³/mol. The number of hydrogen-bond donors (Lipinski definition) is 1. The van der Waals surface area contributed by atoms with Crippen LogP contribution in [0.4, 0.5) is 5.82 Å². The first kappa shape index (κ1) is 15.5. The SMILES string of the molecule is CS(=O)(=O)N1CCn2nc(CNc3ncnc4sccc34)cc2C1. The molecule has 0 radical (unpaired) electrons. The van der Waals surface area contributed by atoms with E-state index in [4.69, 9.17) is 0 Å². The summed E-state index contributed by atoms with van der Waals surface area (Å²) in [6, 6.07) is 3.93. The topological polar surface area (TPSA) is 93.0 Å². The van der Waals surface area contributed by atoms with Crippen molar-refractivity contribution in [1.82, 2.24) is 24.1 Å². The number of sulfonamides is 1. The highest BCUT2D eigenvalue weighted by molar-refractivity contribution is 7.88. The number of nitrogens with one attached hydrogen (secondary N) is 1. The van der Waals surface area contributed by atoms with Gasteiger partial charge in [-0.05, 0) is 17.5 Å². The number of nitrogens with zero attached hydrogens (tertiary/aromatic N) is 5. The normalized spacial score (nSPS) is 15.5. The summed E-state index contributed by atoms with van der Waals surface area (Å²) in [5, 5.41) is 10.8. The van der Waals surface area contributed by atoms with Gasteiger partial charge in [0.1, 0.15) is 17.0 Å². The third-order valence-corrected chi connectivity index (χ3v) is 6.05. The molecule has 1 N–H and O–H groups in total. The van der Waals surface area contributed by atoms with Crippen LogP contribution in [0, 0.1) is 0 Å². The molecule has 10 heteroatoms. The van der Waals surface area contributed by atoms with Gasteiger partial charge < -0.3 is 5.32 Å². The molecule has 0 atom stereocenters. The van der Waals surface area contributed by atoms with Crippen LogP contribution >= 0.6 is 11.3 Å². The van der Waals surface area contributed by atoms with Crippen LogP contribution in [0.2, 0.25) is 0 Å². The van der Waals surface area contributed by atoms with E-state index in [1.165, 1.54) is 10.6 Å². The van der Waals surface area contributed by atoms with Crippen molar-refractivity contribution in [2.45, 2.75) is 19.6 Å². The summed E-state index contributed by atoms with van der Waals surface area (Å²) in [6.07, 6.45) is 2.78. The zero-order valence-corrected chi connectivity index (χ0v) is 14.6. The van der Waals surface area contributed by atoms with Gasteiger partial charge in [-0.3, -0.25) is 4.68 Å². The minimum Gasteiger partial charge on any atom is -0.364 e. The molecule has 24 heavy (non-hydrogen) atoms. The Morgan fingerprint density at radius 2 is 2.21 bits per heavy atom. The summed E-state index contributed by atoms with van der Waals surface area (Å²) in [5.41, 5.74) is 1.77. The fourth-order valence-corrected chi connectivity index (χ4v) is 4.29. The van der Waals surface area contributed by atoms with E-state index < -0.39 is 10.0 Å². The van der Waals surface area contributed by atoms with E-state index in [-0.39, 0.29) is 0 Å². The Balaban J connectivity index is 1.51. The number of hydrogen-bond acceptors (Lipinski definition) is 7. The van der Waals surface area contributed by atoms with Crippen LogP contribution in [0.3, 0.4) is 0 Å². The summed E-state index contributed by atoms with van der Waals surface area (Å²) in [4.78, 5) is 9.45. The van der Waals surface area contributed by atoms with Crippen molar-refractivity contribution < 1.29 is 8.42 Å². The van der Waals surface area contributed by atoms with Crippen LogP contribution < -0.4 is 5.32 Å². The lowest BCUT2D eigenvalue weighted by Gasteiger charge is -2.25. The van der Waals surface area contributed by atoms with Gasteiger partial charge >= 0.3 is 0 Å². The van der Waals surface area contributed by atoms with Crippen molar-refractivity contribution >= 4 is 37.4 Å². The number of thiophene rings is 1. The summed E-state index contributed by atoms with van der Waals surface area (Å²) < 4.78 is 26.7. The largest absolute Gasteiger partial charge is 0.364 e. The zero-order valence-electron chi connectivity index (χ0n) is 13.0. The van der Waals surface area contributed by atoms with E-state index in [1.807, 2.05) is 22.2 Å². The van der Waals surface area contributed by atoms with Gasteiger partial charge in [-0.2, -0.15) is 9.40 Å². The van der Waals surface area contributed by atoms with Gasteiger partial charge in [-0.1, -0.05) is 0 Å². The molecule has 1 aliphatic rings. The van der Waals surface area contributed by atoms with Crippen LogP contribution in [-0.2, 0) is 29.7 Å². The van der Waals surface area contributed by atoms with Crippen molar-refractivity contribution in [1.29, 1.82) is 0 Å². The second-order valence-electron chi connectivity index (χ2n) is 5.66. The Labute approximate surface area is 143 Å². The van der Waals surface area contributed by atoms with Crippen LogP contribution in [0.5, 0.6) is 0 Å². The standard InChI is InChI=1S/C14H16N6O2S2/c1-24(21,22)19-3-4-20-11(8-19)6-10(18-20)7-15-13-12-2-5-23-14(12)17-9-16-13/h2,5-6,9H,3-4,7-8H2,1H3,(H,15,16,17). The first-order valence-electron chi connectivity index (χ1n) is 7.43. The lowest BCUT2D eigenvalue weighted by molar-refractivity contribution is 0.328. The Kier molecular flexibility index (Phi) is 3.74. The van der Waals surface area contributed by atoms with Crippen molar-refractivity contribution in [2.24, 2.45) is 0 Å². The quantitative estimate of drug-likeness (QED) is 0.749. The molecule has 0 saturated carbocycles. The average molecular weight is 364 g/mol. The summed E-state index contributed by atoms with van der Waals surface area (Å²) in [5.74, 6) is 0.782. The minimum atomic E-state index is -3.17. The summed E-state index contributed by atoms with van der Waals surface area (Å²) in [7, 11) is -3.17. The second kappa shape index (κ2) is 5.80. The molecule has 126 valence electrons. The molecule has 0 unspecified atom stereocenters. The zero-order chi connectivity index (χ0) is 16.7. The maximum absolute atomic E-state index is 11.7. The monoisotopic (exact) mass is 364 g/mol. The molecule has 1 aliphatic heterocycles. The molecule has 0 bridgehead atoms. The van der Waals surface area contributed by atoms with Crippen molar-refractivity contribution in [3.63, 3.8) is 0 Å². The van der Waals surface area contributed by atoms with Gasteiger partial charge in [0.05, 0.1) is 42.7 Å². The molecule has 8 nitrogen and oxygen atoms in total. The average Bonchev–Trinajstić information content (AvgIpc) is 3.17. The van der Waals surface area contributed by atoms with E-state index in [0.29, 0.717) is 26.2 Å². The highest BCUT2D eigenvalue weighted by atomic mass is 32.2. The molecule has 4 heterocycles. The van der Waals surface area contributed by atoms with Gasteiger partial charge in [-0.15, -0.1) is 11.3 Å². The van der Waals surface area contributed by atoms with E-state index >= 15 is 0 Å². The third kappa shape index (κ3) is 2.87. The molecule has 4 rings (SSSR count). The molecule has 0 amide bonds. The Hall–Kier alpha value is -2.04. The second-order valence-corrected chi connectivity index (χ2v) is 8.54. The fraction of sp³-hybridized carbons (Fsp3) is 0.357. The van der Waals surface area contributed by atoms with Crippen LogP contribution in [-0.4, -0.2) is 45.3 Å². The van der Waals surface area contributed by atoms with E-state index in [2.05, 4.69) is 20.4 Å².